The molecule has 6 rings (SSSR count). The van der Waals surface area contributed by atoms with Crippen molar-refractivity contribution in [2.75, 3.05) is 10.2 Å². The number of benzene rings is 4. The molecule has 3 amide bonds. The number of carbonyl (C=O) groups excluding carboxylic acids is 3. The molecule has 0 radical (unpaired) electrons. The minimum atomic E-state index is -0.305. The molecule has 6 nitrogen and oxygen atoms in total. The number of aryl methyl sites for hydroxylation is 2. The van der Waals surface area contributed by atoms with Gasteiger partial charge in [0.05, 0.1) is 27.0 Å². The summed E-state index contributed by atoms with van der Waals surface area (Å²) >= 11 is 3.13. The molecule has 0 atom stereocenters. The van der Waals surface area contributed by atoms with Crippen molar-refractivity contribution < 1.29 is 14.4 Å². The molecule has 8 heteroatoms. The number of nitrogens with zero attached hydrogens (tertiary/aromatic N) is 2. The van der Waals surface area contributed by atoms with Crippen molar-refractivity contribution in [1.82, 2.24) is 4.98 Å². The average Bonchev–Trinajstić information content (AvgIpc) is 3.46. The number of amides is 3. The molecule has 192 valence electrons. The molecule has 1 aliphatic rings. The van der Waals surface area contributed by atoms with Crippen LogP contribution in [0.1, 0.15) is 47.8 Å². The molecule has 0 unspecified atom stereocenters. The Morgan fingerprint density at radius 2 is 1.62 bits per heavy atom. The van der Waals surface area contributed by atoms with E-state index in [-0.39, 0.29) is 17.7 Å². The standard InChI is InChI=1S/C31H23N3O3S2/c1-18-7-13-25(19(2)15-18)32-28(35)21-10-8-20(9-11-21)17-38-31-33-26-14-12-22(16-27(26)39-31)34-29(36)23-5-3-4-6-24(23)30(34)37/h3-16H,17H2,1-2H3,(H,32,35). The Morgan fingerprint density at radius 1 is 0.897 bits per heavy atom. The molecular weight excluding hydrogens is 526 g/mol. The van der Waals surface area contributed by atoms with E-state index >= 15 is 0 Å². The SMILES string of the molecule is Cc1ccc(NC(=O)c2ccc(CSc3nc4ccc(N5C(=O)c6ccccc6C5=O)cc4s3)cc2)c(C)c1. The first kappa shape index (κ1) is 25.0. The lowest BCUT2D eigenvalue weighted by atomic mass is 10.1. The summed E-state index contributed by atoms with van der Waals surface area (Å²) in [5, 5.41) is 2.98. The highest BCUT2D eigenvalue weighted by Crippen LogP contribution is 2.36. The van der Waals surface area contributed by atoms with Gasteiger partial charge in [0, 0.05) is 17.0 Å². The molecule has 2 heterocycles. The van der Waals surface area contributed by atoms with E-state index in [0.717, 1.165) is 36.9 Å². The van der Waals surface area contributed by atoms with Gasteiger partial charge in [-0.2, -0.15) is 0 Å². The minimum absolute atomic E-state index is 0.138. The highest BCUT2D eigenvalue weighted by Gasteiger charge is 2.36. The first-order valence-corrected chi connectivity index (χ1v) is 14.2. The van der Waals surface area contributed by atoms with Gasteiger partial charge in [-0.3, -0.25) is 14.4 Å². The van der Waals surface area contributed by atoms with Crippen LogP contribution in [0.15, 0.2) is 89.3 Å². The third kappa shape index (κ3) is 4.84. The molecule has 1 aromatic heterocycles. The lowest BCUT2D eigenvalue weighted by Gasteiger charge is -2.13. The normalized spacial score (nSPS) is 12.7. The molecule has 0 spiro atoms. The maximum absolute atomic E-state index is 12.9. The minimum Gasteiger partial charge on any atom is -0.322 e. The van der Waals surface area contributed by atoms with E-state index in [1.54, 1.807) is 42.1 Å². The van der Waals surface area contributed by atoms with Gasteiger partial charge in [0.15, 0.2) is 4.34 Å². The Kier molecular flexibility index (Phi) is 6.50. The Balaban J connectivity index is 1.12. The Hall–Kier alpha value is -4.27. The lowest BCUT2D eigenvalue weighted by molar-refractivity contribution is 0.0925. The van der Waals surface area contributed by atoms with Gasteiger partial charge in [0.1, 0.15) is 0 Å². The van der Waals surface area contributed by atoms with E-state index in [2.05, 4.69) is 5.32 Å². The van der Waals surface area contributed by atoms with Crippen molar-refractivity contribution in [3.8, 4) is 0 Å². The number of hydrogen-bond donors (Lipinski definition) is 1. The molecule has 1 aliphatic heterocycles. The number of fused-ring (bicyclic) bond motifs is 2. The van der Waals surface area contributed by atoms with Crippen LogP contribution >= 0.6 is 23.1 Å². The van der Waals surface area contributed by atoms with Crippen LogP contribution in [0.2, 0.25) is 0 Å². The zero-order valence-corrected chi connectivity index (χ0v) is 22.9. The summed E-state index contributed by atoms with van der Waals surface area (Å²) in [6, 6.07) is 25.9. The molecule has 0 bridgehead atoms. The number of rotatable bonds is 6. The first-order chi connectivity index (χ1) is 18.9. The zero-order valence-electron chi connectivity index (χ0n) is 21.2. The first-order valence-electron chi connectivity index (χ1n) is 12.4. The third-order valence-corrected chi connectivity index (χ3v) is 8.85. The summed E-state index contributed by atoms with van der Waals surface area (Å²) in [5.74, 6) is -0.0501. The van der Waals surface area contributed by atoms with Gasteiger partial charge in [-0.15, -0.1) is 11.3 Å². The Bertz CT molecular complexity index is 1740. The topological polar surface area (TPSA) is 79.4 Å². The number of carbonyl (C=O) groups is 3. The second-order valence-electron chi connectivity index (χ2n) is 9.38. The van der Waals surface area contributed by atoms with Crippen molar-refractivity contribution in [3.05, 3.63) is 118 Å². The smallest absolute Gasteiger partial charge is 0.266 e. The summed E-state index contributed by atoms with van der Waals surface area (Å²) in [5.41, 5.74) is 6.90. The van der Waals surface area contributed by atoms with Gasteiger partial charge in [0.2, 0.25) is 0 Å². The number of thioether (sulfide) groups is 1. The summed E-state index contributed by atoms with van der Waals surface area (Å²) in [7, 11) is 0. The van der Waals surface area contributed by atoms with Crippen LogP contribution in [0, 0.1) is 13.8 Å². The molecule has 1 N–H and O–H groups in total. The monoisotopic (exact) mass is 549 g/mol. The third-order valence-electron chi connectivity index (χ3n) is 6.61. The molecule has 0 aliphatic carbocycles. The second-order valence-corrected chi connectivity index (χ2v) is 11.6. The van der Waals surface area contributed by atoms with Crippen LogP contribution in [0.4, 0.5) is 11.4 Å². The van der Waals surface area contributed by atoms with E-state index in [9.17, 15) is 14.4 Å². The number of thiazole rings is 1. The van der Waals surface area contributed by atoms with Crippen molar-refractivity contribution in [2.24, 2.45) is 0 Å². The average molecular weight is 550 g/mol. The molecule has 39 heavy (non-hydrogen) atoms. The van der Waals surface area contributed by atoms with Crippen molar-refractivity contribution in [3.63, 3.8) is 0 Å². The Labute approximate surface area is 233 Å². The van der Waals surface area contributed by atoms with E-state index in [1.807, 2.05) is 68.4 Å². The Morgan fingerprint density at radius 3 is 2.31 bits per heavy atom. The van der Waals surface area contributed by atoms with E-state index < -0.39 is 0 Å². The lowest BCUT2D eigenvalue weighted by Crippen LogP contribution is -2.29. The molecule has 0 saturated heterocycles. The van der Waals surface area contributed by atoms with E-state index in [0.29, 0.717) is 28.1 Å². The van der Waals surface area contributed by atoms with Crippen molar-refractivity contribution >= 4 is 62.4 Å². The van der Waals surface area contributed by atoms with Crippen LogP contribution in [0.3, 0.4) is 0 Å². The largest absolute Gasteiger partial charge is 0.322 e. The number of nitrogens with one attached hydrogen (secondary N) is 1. The molecule has 0 saturated carbocycles. The van der Waals surface area contributed by atoms with Crippen LogP contribution < -0.4 is 10.2 Å². The highest BCUT2D eigenvalue weighted by molar-refractivity contribution is 8.00. The number of imide groups is 1. The fourth-order valence-corrected chi connectivity index (χ4v) is 6.62. The van der Waals surface area contributed by atoms with Crippen LogP contribution in [0.25, 0.3) is 10.2 Å². The number of hydrogen-bond acceptors (Lipinski definition) is 6. The van der Waals surface area contributed by atoms with Crippen molar-refractivity contribution in [2.45, 2.75) is 23.9 Å². The van der Waals surface area contributed by atoms with Gasteiger partial charge in [-0.05, 0) is 73.5 Å². The van der Waals surface area contributed by atoms with Crippen LogP contribution in [-0.2, 0) is 5.75 Å². The maximum atomic E-state index is 12.9. The van der Waals surface area contributed by atoms with Gasteiger partial charge in [0.25, 0.3) is 17.7 Å². The van der Waals surface area contributed by atoms with E-state index in [4.69, 9.17) is 4.98 Å². The molecular formula is C31H23N3O3S2. The predicted molar refractivity (Wildman–Crippen MR) is 157 cm³/mol. The summed E-state index contributed by atoms with van der Waals surface area (Å²) in [6.45, 7) is 4.01. The molecule has 0 fully saturated rings. The van der Waals surface area contributed by atoms with Gasteiger partial charge < -0.3 is 5.32 Å². The molecule has 5 aromatic rings. The molecule has 4 aromatic carbocycles. The van der Waals surface area contributed by atoms with Gasteiger partial charge in [-0.1, -0.05) is 53.7 Å². The second kappa shape index (κ2) is 10.1. The number of aromatic nitrogens is 1. The van der Waals surface area contributed by atoms with Crippen LogP contribution in [0.5, 0.6) is 0 Å². The van der Waals surface area contributed by atoms with E-state index in [1.165, 1.54) is 16.2 Å². The summed E-state index contributed by atoms with van der Waals surface area (Å²) in [4.78, 5) is 44.4. The summed E-state index contributed by atoms with van der Waals surface area (Å²) < 4.78 is 1.80. The van der Waals surface area contributed by atoms with Crippen LogP contribution in [-0.4, -0.2) is 22.7 Å². The number of anilines is 2. The van der Waals surface area contributed by atoms with Gasteiger partial charge >= 0.3 is 0 Å². The van der Waals surface area contributed by atoms with Gasteiger partial charge in [-0.25, -0.2) is 9.88 Å². The zero-order chi connectivity index (χ0) is 27.1. The fourth-order valence-electron chi connectivity index (χ4n) is 4.56. The predicted octanol–water partition coefficient (Wildman–Crippen LogP) is 7.26. The summed E-state index contributed by atoms with van der Waals surface area (Å²) in [6.07, 6.45) is 0. The fraction of sp³-hybridized carbons (Fsp3) is 0.0968. The highest BCUT2D eigenvalue weighted by atomic mass is 32.2. The van der Waals surface area contributed by atoms with Crippen molar-refractivity contribution in [1.29, 1.82) is 0 Å². The maximum Gasteiger partial charge on any atom is 0.266 e. The quantitative estimate of drug-likeness (QED) is 0.178.